The minimum Gasteiger partial charge on any atom is -0.477 e. The summed E-state index contributed by atoms with van der Waals surface area (Å²) >= 11 is 0. The predicted octanol–water partition coefficient (Wildman–Crippen LogP) is 1.88. The molecule has 0 aliphatic carbocycles. The second-order valence-electron chi connectivity index (χ2n) is 10.2. The molecule has 5 aromatic rings. The molecule has 0 spiro atoms. The van der Waals surface area contributed by atoms with Crippen LogP contribution < -0.4 is 21.3 Å². The summed E-state index contributed by atoms with van der Waals surface area (Å²) in [4.78, 5) is 70.8. The number of anilines is 4. The highest BCUT2D eigenvalue weighted by Gasteiger charge is 2.21. The van der Waals surface area contributed by atoms with Gasteiger partial charge in [-0.1, -0.05) is 0 Å². The number of aromatic nitrogens is 7. The SMILES string of the molecule is Cn1cc(NC(=O)c2nc(NC(=O)c3cc(NC(=O)c4cc(NC(=O)c5nccn5C)cn4C)cn3C)cn2C)cc1C(=O)O. The zero-order valence-corrected chi connectivity index (χ0v) is 24.8. The first-order valence-electron chi connectivity index (χ1n) is 13.3. The Morgan fingerprint density at radius 2 is 1.04 bits per heavy atom. The third-order valence-electron chi connectivity index (χ3n) is 6.82. The Kier molecular flexibility index (Phi) is 7.83. The van der Waals surface area contributed by atoms with Crippen LogP contribution >= 0.6 is 0 Å². The average molecular weight is 616 g/mol. The number of aromatic carboxylic acids is 1. The van der Waals surface area contributed by atoms with E-state index in [1.165, 1.54) is 50.5 Å². The van der Waals surface area contributed by atoms with Crippen LogP contribution in [-0.2, 0) is 35.2 Å². The van der Waals surface area contributed by atoms with Gasteiger partial charge in [0.05, 0.1) is 17.1 Å². The van der Waals surface area contributed by atoms with Gasteiger partial charge in [0.2, 0.25) is 5.82 Å². The van der Waals surface area contributed by atoms with Gasteiger partial charge in [0.15, 0.2) is 11.6 Å². The number of amides is 4. The van der Waals surface area contributed by atoms with Crippen LogP contribution in [-0.4, -0.2) is 67.5 Å². The summed E-state index contributed by atoms with van der Waals surface area (Å²) in [7, 11) is 8.09. The van der Waals surface area contributed by atoms with Gasteiger partial charge < -0.3 is 49.2 Å². The van der Waals surface area contributed by atoms with Crippen molar-refractivity contribution in [2.75, 3.05) is 21.3 Å². The second-order valence-corrected chi connectivity index (χ2v) is 10.2. The molecule has 0 unspecified atom stereocenters. The van der Waals surface area contributed by atoms with Gasteiger partial charge in [-0.3, -0.25) is 19.2 Å². The van der Waals surface area contributed by atoms with E-state index in [4.69, 9.17) is 0 Å². The normalized spacial score (nSPS) is 10.9. The van der Waals surface area contributed by atoms with Crippen molar-refractivity contribution in [2.45, 2.75) is 0 Å². The minimum atomic E-state index is -1.14. The summed E-state index contributed by atoms with van der Waals surface area (Å²) in [6.45, 7) is 0. The minimum absolute atomic E-state index is 0.00493. The largest absolute Gasteiger partial charge is 0.477 e. The van der Waals surface area contributed by atoms with Crippen molar-refractivity contribution in [3.8, 4) is 0 Å². The van der Waals surface area contributed by atoms with Gasteiger partial charge in [-0.15, -0.1) is 0 Å². The molecule has 4 amide bonds. The number of carboxylic acid groups (broad SMARTS) is 1. The van der Waals surface area contributed by atoms with Gasteiger partial charge in [0.25, 0.3) is 23.6 Å². The molecule has 5 aromatic heterocycles. The quantitative estimate of drug-likeness (QED) is 0.165. The standard InChI is InChI=1S/C28H29N11O6/c1-35-7-6-29-22(35)26(42)31-16-9-18(36(2)12-16)24(40)30-15-8-19(37(3)11-15)25(41)34-21-14-39(5)23(33-21)27(43)32-17-10-20(28(44)45)38(4)13-17/h6-14H,1-5H3,(H,30,40)(H,31,42)(H,32,43)(H,34,41)(H,44,45). The van der Waals surface area contributed by atoms with Crippen LogP contribution in [0.15, 0.2) is 55.4 Å². The molecule has 0 aromatic carbocycles. The lowest BCUT2D eigenvalue weighted by atomic mass is 10.3. The molecule has 0 aliphatic rings. The lowest BCUT2D eigenvalue weighted by Gasteiger charge is -2.03. The number of imidazole rings is 2. The Bertz CT molecular complexity index is 1990. The van der Waals surface area contributed by atoms with E-state index >= 15 is 0 Å². The number of hydrogen-bond donors (Lipinski definition) is 5. The van der Waals surface area contributed by atoms with Crippen molar-refractivity contribution >= 4 is 52.5 Å². The Labute approximate surface area is 255 Å². The van der Waals surface area contributed by atoms with Crippen molar-refractivity contribution in [2.24, 2.45) is 35.2 Å². The Balaban J connectivity index is 1.23. The number of nitrogens with one attached hydrogen (secondary N) is 4. The van der Waals surface area contributed by atoms with Crippen molar-refractivity contribution in [1.29, 1.82) is 0 Å². The lowest BCUT2D eigenvalue weighted by molar-refractivity contribution is 0.0685. The van der Waals surface area contributed by atoms with Crippen LogP contribution in [0.25, 0.3) is 0 Å². The fourth-order valence-corrected chi connectivity index (χ4v) is 4.63. The van der Waals surface area contributed by atoms with Crippen LogP contribution in [0, 0.1) is 0 Å². The summed E-state index contributed by atoms with van der Waals surface area (Å²) in [6, 6.07) is 4.31. The Morgan fingerprint density at radius 3 is 1.53 bits per heavy atom. The number of hydrogen-bond acceptors (Lipinski definition) is 7. The molecule has 0 aliphatic heterocycles. The summed E-state index contributed by atoms with van der Waals surface area (Å²) in [5.41, 5.74) is 1.47. The third kappa shape index (κ3) is 6.21. The van der Waals surface area contributed by atoms with Crippen molar-refractivity contribution < 1.29 is 29.1 Å². The number of aryl methyl sites for hydroxylation is 5. The fraction of sp³-hybridized carbons (Fsp3) is 0.179. The van der Waals surface area contributed by atoms with E-state index in [9.17, 15) is 29.1 Å². The first-order chi connectivity index (χ1) is 21.3. The zero-order valence-electron chi connectivity index (χ0n) is 24.8. The maximum Gasteiger partial charge on any atom is 0.352 e. The lowest BCUT2D eigenvalue weighted by Crippen LogP contribution is -2.17. The number of carbonyl (C=O) groups excluding carboxylic acids is 4. The number of nitrogens with zero attached hydrogens (tertiary/aromatic N) is 7. The van der Waals surface area contributed by atoms with E-state index in [-0.39, 0.29) is 40.2 Å². The molecule has 5 heterocycles. The average Bonchev–Trinajstić information content (AvgIpc) is 3.77. The zero-order chi connectivity index (χ0) is 32.6. The summed E-state index contributed by atoms with van der Waals surface area (Å²) in [6.07, 6.45) is 9.21. The Morgan fingerprint density at radius 1 is 0.578 bits per heavy atom. The molecule has 0 radical (unpaired) electrons. The van der Waals surface area contributed by atoms with E-state index < -0.39 is 29.6 Å². The van der Waals surface area contributed by atoms with E-state index in [0.717, 1.165) is 0 Å². The summed E-state index contributed by atoms with van der Waals surface area (Å²) < 4.78 is 7.41. The molecular formula is C28H29N11O6. The molecular weight excluding hydrogens is 586 g/mol. The van der Waals surface area contributed by atoms with E-state index in [1.54, 1.807) is 63.0 Å². The van der Waals surface area contributed by atoms with Crippen LogP contribution in [0.3, 0.4) is 0 Å². The molecule has 0 saturated heterocycles. The fourth-order valence-electron chi connectivity index (χ4n) is 4.63. The van der Waals surface area contributed by atoms with Crippen LogP contribution in [0.5, 0.6) is 0 Å². The van der Waals surface area contributed by atoms with Crippen LogP contribution in [0.2, 0.25) is 0 Å². The van der Waals surface area contributed by atoms with Crippen molar-refractivity contribution in [3.05, 3.63) is 84.1 Å². The first-order valence-corrected chi connectivity index (χ1v) is 13.3. The highest BCUT2D eigenvalue weighted by atomic mass is 16.4. The molecule has 17 heteroatoms. The maximum atomic E-state index is 13.1. The molecule has 0 atom stereocenters. The molecule has 0 saturated carbocycles. The van der Waals surface area contributed by atoms with Crippen LogP contribution in [0.4, 0.5) is 22.9 Å². The molecule has 0 bridgehead atoms. The topological polar surface area (TPSA) is 204 Å². The van der Waals surface area contributed by atoms with E-state index in [1.807, 2.05) is 0 Å². The number of rotatable bonds is 9. The van der Waals surface area contributed by atoms with E-state index in [0.29, 0.717) is 11.4 Å². The van der Waals surface area contributed by atoms with Gasteiger partial charge >= 0.3 is 5.97 Å². The van der Waals surface area contributed by atoms with Gasteiger partial charge in [-0.25, -0.2) is 14.8 Å². The highest BCUT2D eigenvalue weighted by molar-refractivity contribution is 6.08. The molecule has 0 fully saturated rings. The monoisotopic (exact) mass is 615 g/mol. The van der Waals surface area contributed by atoms with Gasteiger partial charge in [-0.2, -0.15) is 0 Å². The highest BCUT2D eigenvalue weighted by Crippen LogP contribution is 2.20. The van der Waals surface area contributed by atoms with Crippen LogP contribution in [0.1, 0.15) is 52.7 Å². The molecule has 17 nitrogen and oxygen atoms in total. The van der Waals surface area contributed by atoms with E-state index in [2.05, 4.69) is 31.2 Å². The maximum absolute atomic E-state index is 13.1. The summed E-state index contributed by atoms with van der Waals surface area (Å²) in [5, 5.41) is 19.9. The third-order valence-corrected chi connectivity index (χ3v) is 6.82. The number of carboxylic acids is 1. The first kappa shape index (κ1) is 30.1. The Hall–Kier alpha value is -6.39. The van der Waals surface area contributed by atoms with Crippen molar-refractivity contribution in [3.63, 3.8) is 0 Å². The number of carbonyl (C=O) groups is 5. The second kappa shape index (κ2) is 11.7. The van der Waals surface area contributed by atoms with Gasteiger partial charge in [0.1, 0.15) is 17.1 Å². The molecule has 232 valence electrons. The molecule has 5 N–H and O–H groups in total. The summed E-state index contributed by atoms with van der Waals surface area (Å²) in [5.74, 6) is -2.90. The van der Waals surface area contributed by atoms with Gasteiger partial charge in [-0.05, 0) is 18.2 Å². The predicted molar refractivity (Wildman–Crippen MR) is 161 cm³/mol. The van der Waals surface area contributed by atoms with Crippen molar-refractivity contribution in [1.82, 2.24) is 32.8 Å². The smallest absolute Gasteiger partial charge is 0.352 e. The molecule has 45 heavy (non-hydrogen) atoms. The molecule has 5 rings (SSSR count). The van der Waals surface area contributed by atoms with Gasteiger partial charge in [0, 0.05) is 72.4 Å².